The first-order chi connectivity index (χ1) is 16.1. The van der Waals surface area contributed by atoms with Crippen LogP contribution in [0.3, 0.4) is 0 Å². The Morgan fingerprint density at radius 2 is 1.88 bits per heavy atom. The van der Waals surface area contributed by atoms with Crippen LogP contribution in [-0.2, 0) is 6.42 Å². The monoisotopic (exact) mass is 573 g/mol. The van der Waals surface area contributed by atoms with Crippen molar-refractivity contribution < 1.29 is 4.74 Å². The van der Waals surface area contributed by atoms with Gasteiger partial charge in [-0.1, -0.05) is 35.9 Å². The van der Waals surface area contributed by atoms with Crippen molar-refractivity contribution in [3.05, 3.63) is 71.4 Å². The lowest BCUT2D eigenvalue weighted by Crippen LogP contribution is -2.39. The third-order valence-corrected chi connectivity index (χ3v) is 4.98. The summed E-state index contributed by atoms with van der Waals surface area (Å²) in [5.74, 6) is 1.96. The van der Waals surface area contributed by atoms with Crippen LogP contribution in [0, 0.1) is 18.3 Å². The van der Waals surface area contributed by atoms with Crippen LogP contribution in [0.25, 0.3) is 5.69 Å². The quantitative estimate of drug-likeness (QED) is 0.147. The van der Waals surface area contributed by atoms with E-state index in [1.54, 1.807) is 4.68 Å². The topological polar surface area (TPSA) is 113 Å². The summed E-state index contributed by atoms with van der Waals surface area (Å²) in [6.45, 7) is 6.61. The number of aryl methyl sites for hydroxylation is 2. The van der Waals surface area contributed by atoms with E-state index in [2.05, 4.69) is 33.7 Å². The lowest BCUT2D eigenvalue weighted by atomic mass is 10.1. The minimum absolute atomic E-state index is 0. The van der Waals surface area contributed by atoms with Crippen molar-refractivity contribution in [2.75, 3.05) is 32.0 Å². The van der Waals surface area contributed by atoms with Crippen molar-refractivity contribution in [3.8, 4) is 17.5 Å². The Morgan fingerprint density at radius 1 is 1.15 bits per heavy atom. The molecule has 0 saturated carbocycles. The molecule has 2 aromatic carbocycles. The first kappa shape index (κ1) is 27.0. The number of nitrogens with zero attached hydrogens (tertiary/aromatic N) is 4. The van der Waals surface area contributed by atoms with Crippen LogP contribution in [0.15, 0.2) is 59.6 Å². The van der Waals surface area contributed by atoms with Crippen molar-refractivity contribution in [1.82, 2.24) is 20.4 Å². The second-order valence-electron chi connectivity index (χ2n) is 7.52. The number of para-hydroxylation sites is 1. The van der Waals surface area contributed by atoms with Crippen molar-refractivity contribution in [2.45, 2.75) is 26.7 Å². The summed E-state index contributed by atoms with van der Waals surface area (Å²) in [4.78, 5) is 4.62. The van der Waals surface area contributed by atoms with Gasteiger partial charge in [-0.05, 0) is 51.0 Å². The number of nitriles is 1. The smallest absolute Gasteiger partial charge is 0.191 e. The van der Waals surface area contributed by atoms with Crippen LogP contribution in [0.2, 0.25) is 0 Å². The lowest BCUT2D eigenvalue weighted by molar-refractivity contribution is 0.322. The zero-order valence-corrected chi connectivity index (χ0v) is 22.0. The number of benzene rings is 2. The van der Waals surface area contributed by atoms with E-state index in [0.29, 0.717) is 43.2 Å². The number of guanidine groups is 1. The Morgan fingerprint density at radius 3 is 2.56 bits per heavy atom. The molecule has 0 fully saturated rings. The van der Waals surface area contributed by atoms with Crippen molar-refractivity contribution >= 4 is 35.8 Å². The number of halogens is 1. The molecule has 3 aromatic rings. The number of aliphatic imine (C=N–C) groups is 1. The van der Waals surface area contributed by atoms with Gasteiger partial charge in [0.15, 0.2) is 5.96 Å². The molecule has 0 aliphatic heterocycles. The molecule has 0 unspecified atom stereocenters. The Hall–Kier alpha value is -3.26. The van der Waals surface area contributed by atoms with Gasteiger partial charge in [0.05, 0.1) is 17.9 Å². The normalized spacial score (nSPS) is 10.8. The number of hydrogen-bond acceptors (Lipinski definition) is 5. The summed E-state index contributed by atoms with van der Waals surface area (Å²) in [5.41, 5.74) is 9.34. The van der Waals surface area contributed by atoms with Gasteiger partial charge in [0, 0.05) is 13.1 Å². The van der Waals surface area contributed by atoms with E-state index in [4.69, 9.17) is 10.5 Å². The molecular weight excluding hydrogens is 541 g/mol. The molecular formula is C25H32IN7O. The number of ether oxygens (including phenoxy) is 1. The highest BCUT2D eigenvalue weighted by molar-refractivity contribution is 14.0. The van der Waals surface area contributed by atoms with Gasteiger partial charge in [-0.3, -0.25) is 4.99 Å². The Bertz CT molecular complexity index is 1090. The highest BCUT2D eigenvalue weighted by atomic mass is 127. The molecule has 8 nitrogen and oxygen atoms in total. The van der Waals surface area contributed by atoms with E-state index in [0.717, 1.165) is 30.4 Å². The third kappa shape index (κ3) is 7.66. The standard InChI is InChI=1S/C25H31N7O.HI/c1-3-28-25(30-16-17-33-21-13-11-19(2)12-14-21)29-15-7-10-23-22(18-26)24(27)32(31-23)20-8-5-4-6-9-20;/h4-6,8-9,11-14H,3,7,10,15-17,27H2,1-2H3,(H2,28,29,30);1H. The van der Waals surface area contributed by atoms with E-state index >= 15 is 0 Å². The third-order valence-electron chi connectivity index (χ3n) is 4.98. The predicted octanol–water partition coefficient (Wildman–Crippen LogP) is 3.82. The van der Waals surface area contributed by atoms with Gasteiger partial charge in [0.2, 0.25) is 0 Å². The zero-order chi connectivity index (χ0) is 23.5. The molecule has 1 aromatic heterocycles. The van der Waals surface area contributed by atoms with Crippen molar-refractivity contribution in [3.63, 3.8) is 0 Å². The molecule has 0 atom stereocenters. The van der Waals surface area contributed by atoms with E-state index < -0.39 is 0 Å². The average molecular weight is 573 g/mol. The number of anilines is 1. The summed E-state index contributed by atoms with van der Waals surface area (Å²) in [6.07, 6.45) is 1.36. The first-order valence-electron chi connectivity index (χ1n) is 11.2. The number of nitrogens with one attached hydrogen (secondary N) is 2. The van der Waals surface area contributed by atoms with Gasteiger partial charge in [0.25, 0.3) is 0 Å². The maximum absolute atomic E-state index is 9.55. The Kier molecular flexibility index (Phi) is 11.2. The summed E-state index contributed by atoms with van der Waals surface area (Å²) in [7, 11) is 0. The number of nitrogen functional groups attached to an aromatic ring is 1. The number of rotatable bonds is 10. The summed E-state index contributed by atoms with van der Waals surface area (Å²) < 4.78 is 7.37. The second kappa shape index (κ2) is 14.1. The maximum Gasteiger partial charge on any atom is 0.191 e. The van der Waals surface area contributed by atoms with Crippen LogP contribution >= 0.6 is 24.0 Å². The van der Waals surface area contributed by atoms with Gasteiger partial charge in [-0.25, -0.2) is 4.68 Å². The van der Waals surface area contributed by atoms with Crippen LogP contribution < -0.4 is 21.1 Å². The van der Waals surface area contributed by atoms with E-state index in [-0.39, 0.29) is 24.0 Å². The number of aromatic nitrogens is 2. The molecule has 3 rings (SSSR count). The highest BCUT2D eigenvalue weighted by Gasteiger charge is 2.16. The van der Waals surface area contributed by atoms with Crippen molar-refractivity contribution in [2.24, 2.45) is 4.99 Å². The van der Waals surface area contributed by atoms with Gasteiger partial charge in [-0.15, -0.1) is 24.0 Å². The van der Waals surface area contributed by atoms with Gasteiger partial charge < -0.3 is 21.1 Å². The zero-order valence-electron chi connectivity index (χ0n) is 19.6. The van der Waals surface area contributed by atoms with Crippen LogP contribution in [0.4, 0.5) is 5.82 Å². The van der Waals surface area contributed by atoms with Crippen LogP contribution in [-0.4, -0.2) is 42.0 Å². The largest absolute Gasteiger partial charge is 0.492 e. The molecule has 0 aliphatic carbocycles. The molecule has 0 saturated heterocycles. The highest BCUT2D eigenvalue weighted by Crippen LogP contribution is 2.21. The molecule has 9 heteroatoms. The molecule has 180 valence electrons. The fourth-order valence-corrected chi connectivity index (χ4v) is 3.29. The molecule has 0 bridgehead atoms. The molecule has 1 heterocycles. The lowest BCUT2D eigenvalue weighted by Gasteiger charge is -2.12. The number of nitrogens with two attached hydrogens (primary N) is 1. The summed E-state index contributed by atoms with van der Waals surface area (Å²) in [5, 5.41) is 20.6. The fourth-order valence-electron chi connectivity index (χ4n) is 3.29. The minimum Gasteiger partial charge on any atom is -0.492 e. The van der Waals surface area contributed by atoms with Crippen LogP contribution in [0.1, 0.15) is 30.2 Å². The Labute approximate surface area is 218 Å². The maximum atomic E-state index is 9.55. The fraction of sp³-hybridized carbons (Fsp3) is 0.320. The second-order valence-corrected chi connectivity index (χ2v) is 7.52. The SMILES string of the molecule is CCNC(=NCCCc1nn(-c2ccccc2)c(N)c1C#N)NCCOc1ccc(C)cc1.I. The molecule has 0 amide bonds. The Balaban J connectivity index is 0.00000408. The summed E-state index contributed by atoms with van der Waals surface area (Å²) in [6, 6.07) is 19.8. The average Bonchev–Trinajstić information content (AvgIpc) is 3.16. The van der Waals surface area contributed by atoms with Gasteiger partial charge in [0.1, 0.15) is 29.8 Å². The van der Waals surface area contributed by atoms with Crippen molar-refractivity contribution in [1.29, 1.82) is 5.26 Å². The molecule has 0 aliphatic rings. The molecule has 0 spiro atoms. The van der Waals surface area contributed by atoms with E-state index in [1.807, 2.05) is 61.5 Å². The van der Waals surface area contributed by atoms with Gasteiger partial charge >= 0.3 is 0 Å². The molecule has 4 N–H and O–H groups in total. The molecule has 34 heavy (non-hydrogen) atoms. The summed E-state index contributed by atoms with van der Waals surface area (Å²) >= 11 is 0. The first-order valence-corrected chi connectivity index (χ1v) is 11.2. The minimum atomic E-state index is 0. The van der Waals surface area contributed by atoms with E-state index in [9.17, 15) is 5.26 Å². The van der Waals surface area contributed by atoms with Crippen LogP contribution in [0.5, 0.6) is 5.75 Å². The predicted molar refractivity (Wildman–Crippen MR) is 147 cm³/mol. The molecule has 0 radical (unpaired) electrons. The van der Waals surface area contributed by atoms with Gasteiger partial charge in [-0.2, -0.15) is 10.4 Å². The number of hydrogen-bond donors (Lipinski definition) is 3. The van der Waals surface area contributed by atoms with E-state index in [1.165, 1.54) is 5.56 Å².